The molecule has 0 aliphatic carbocycles. The molecule has 0 radical (unpaired) electrons. The van der Waals surface area contributed by atoms with Gasteiger partial charge < -0.3 is 4.57 Å². The molecule has 0 N–H and O–H groups in total. The van der Waals surface area contributed by atoms with E-state index in [1.807, 2.05) is 54.7 Å². The largest absolute Gasteiger partial charge is 0.342 e. The minimum Gasteiger partial charge on any atom is -0.342 e. The summed E-state index contributed by atoms with van der Waals surface area (Å²) in [7, 11) is 0. The van der Waals surface area contributed by atoms with Crippen molar-refractivity contribution in [2.45, 2.75) is 6.54 Å². The summed E-state index contributed by atoms with van der Waals surface area (Å²) in [6.07, 6.45) is 9.02. The van der Waals surface area contributed by atoms with Crippen molar-refractivity contribution >= 4 is 51.5 Å². The molecule has 4 rings (SSSR count). The molecular formula is C22H15ClN2O2S. The summed E-state index contributed by atoms with van der Waals surface area (Å²) < 4.78 is 2.12. The van der Waals surface area contributed by atoms with Gasteiger partial charge in [-0.2, -0.15) is 0 Å². The number of halogens is 1. The minimum absolute atomic E-state index is 0.0136. The summed E-state index contributed by atoms with van der Waals surface area (Å²) >= 11 is 6.90. The Morgan fingerprint density at radius 3 is 2.61 bits per heavy atom. The smallest absolute Gasteiger partial charge is 0.294 e. The Morgan fingerprint density at radius 2 is 1.86 bits per heavy atom. The van der Waals surface area contributed by atoms with E-state index >= 15 is 0 Å². The first-order valence-corrected chi connectivity index (χ1v) is 9.77. The molecule has 4 nitrogen and oxygen atoms in total. The van der Waals surface area contributed by atoms with Crippen molar-refractivity contribution < 1.29 is 9.59 Å². The van der Waals surface area contributed by atoms with Crippen LogP contribution in [-0.2, 0) is 11.3 Å². The maximum Gasteiger partial charge on any atom is 0.294 e. The van der Waals surface area contributed by atoms with E-state index in [9.17, 15) is 9.59 Å². The fourth-order valence-corrected chi connectivity index (χ4v) is 4.13. The third kappa shape index (κ3) is 3.45. The molecule has 1 aliphatic rings. The van der Waals surface area contributed by atoms with Gasteiger partial charge in [0.1, 0.15) is 0 Å². The zero-order valence-electron chi connectivity index (χ0n) is 14.8. The van der Waals surface area contributed by atoms with Gasteiger partial charge in [-0.25, -0.2) is 0 Å². The third-order valence-corrected chi connectivity index (χ3v) is 5.65. The van der Waals surface area contributed by atoms with Crippen molar-refractivity contribution in [2.75, 3.05) is 6.54 Å². The Labute approximate surface area is 171 Å². The molecule has 0 saturated carbocycles. The first kappa shape index (κ1) is 18.4. The number of carbonyl (C=O) groups is 2. The van der Waals surface area contributed by atoms with Crippen molar-refractivity contribution in [1.29, 1.82) is 0 Å². The molecule has 1 saturated heterocycles. The Kier molecular flexibility index (Phi) is 4.99. The lowest BCUT2D eigenvalue weighted by Gasteiger charge is -2.06. The molecule has 3 aromatic rings. The second kappa shape index (κ2) is 7.59. The van der Waals surface area contributed by atoms with Gasteiger partial charge in [0.2, 0.25) is 0 Å². The summed E-state index contributed by atoms with van der Waals surface area (Å²) in [5.74, 6) is 2.01. The van der Waals surface area contributed by atoms with Crippen LogP contribution in [0.1, 0.15) is 11.1 Å². The van der Waals surface area contributed by atoms with Gasteiger partial charge in [0.05, 0.1) is 11.4 Å². The molecule has 0 bridgehead atoms. The average molecular weight is 407 g/mol. The maximum absolute atomic E-state index is 12.5. The molecular weight excluding hydrogens is 392 g/mol. The van der Waals surface area contributed by atoms with Crippen LogP contribution in [0.25, 0.3) is 17.0 Å². The fourth-order valence-electron chi connectivity index (χ4n) is 3.18. The van der Waals surface area contributed by atoms with E-state index in [0.29, 0.717) is 16.5 Å². The lowest BCUT2D eigenvalue weighted by atomic mass is 10.1. The highest BCUT2D eigenvalue weighted by Crippen LogP contribution is 2.34. The number of hydrogen-bond acceptors (Lipinski definition) is 3. The van der Waals surface area contributed by atoms with Crippen molar-refractivity contribution in [3.63, 3.8) is 0 Å². The highest BCUT2D eigenvalue weighted by Gasteiger charge is 2.34. The lowest BCUT2D eigenvalue weighted by molar-refractivity contribution is -0.122. The molecule has 0 unspecified atom stereocenters. The molecule has 0 spiro atoms. The molecule has 28 heavy (non-hydrogen) atoms. The van der Waals surface area contributed by atoms with Crippen LogP contribution >= 0.6 is 23.4 Å². The number of rotatable bonds is 4. The van der Waals surface area contributed by atoms with Crippen molar-refractivity contribution in [1.82, 2.24) is 9.47 Å². The molecule has 1 aromatic heterocycles. The Bertz CT molecular complexity index is 1160. The summed E-state index contributed by atoms with van der Waals surface area (Å²) in [5, 5.41) is 1.38. The number of carbonyl (C=O) groups excluding carboxylic acids is 2. The summed E-state index contributed by atoms with van der Waals surface area (Å²) in [6.45, 7) is 0.657. The van der Waals surface area contributed by atoms with Gasteiger partial charge in [-0.05, 0) is 41.6 Å². The van der Waals surface area contributed by atoms with Crippen LogP contribution in [0.4, 0.5) is 4.79 Å². The second-order valence-electron chi connectivity index (χ2n) is 6.33. The van der Waals surface area contributed by atoms with Crippen molar-refractivity contribution in [2.24, 2.45) is 0 Å². The van der Waals surface area contributed by atoms with Gasteiger partial charge in [-0.3, -0.25) is 14.5 Å². The average Bonchev–Trinajstić information content (AvgIpc) is 3.17. The topological polar surface area (TPSA) is 42.3 Å². The predicted octanol–water partition coefficient (Wildman–Crippen LogP) is 5.01. The number of nitrogens with zero attached hydrogens (tertiary/aromatic N) is 2. The number of amides is 2. The lowest BCUT2D eigenvalue weighted by Crippen LogP contribution is -2.28. The maximum atomic E-state index is 12.5. The quantitative estimate of drug-likeness (QED) is 0.451. The number of fused-ring (bicyclic) bond motifs is 1. The summed E-state index contributed by atoms with van der Waals surface area (Å²) in [5.41, 5.74) is 3.05. The van der Waals surface area contributed by atoms with Crippen LogP contribution < -0.4 is 0 Å². The molecule has 0 atom stereocenters. The van der Waals surface area contributed by atoms with E-state index in [1.54, 1.807) is 6.08 Å². The van der Waals surface area contributed by atoms with Crippen molar-refractivity contribution in [3.8, 4) is 12.3 Å². The fraction of sp³-hybridized carbons (Fsp3) is 0.0909. The Morgan fingerprint density at radius 1 is 1.11 bits per heavy atom. The highest BCUT2D eigenvalue weighted by atomic mass is 35.5. The number of benzene rings is 2. The normalized spacial score (nSPS) is 15.6. The summed E-state index contributed by atoms with van der Waals surface area (Å²) in [4.78, 5) is 26.0. The summed E-state index contributed by atoms with van der Waals surface area (Å²) in [6, 6.07) is 15.7. The number of terminal acetylenes is 1. The van der Waals surface area contributed by atoms with Crippen LogP contribution in [0.15, 0.2) is 59.6 Å². The second-order valence-corrected chi connectivity index (χ2v) is 7.76. The van der Waals surface area contributed by atoms with Crippen LogP contribution in [0.3, 0.4) is 0 Å². The zero-order valence-corrected chi connectivity index (χ0v) is 16.3. The molecule has 2 heterocycles. The number of thioether (sulfide) groups is 1. The monoisotopic (exact) mass is 406 g/mol. The van der Waals surface area contributed by atoms with Gasteiger partial charge in [0.25, 0.3) is 11.1 Å². The van der Waals surface area contributed by atoms with E-state index in [4.69, 9.17) is 18.0 Å². The number of imide groups is 1. The minimum atomic E-state index is -0.345. The van der Waals surface area contributed by atoms with Gasteiger partial charge in [-0.15, -0.1) is 6.42 Å². The SMILES string of the molecule is C#CCN1C(=O)S/C(=C/c2cn(Cc3ccc(Cl)cc3)c3ccccc23)C1=O. The Balaban J connectivity index is 1.73. The van der Waals surface area contributed by atoms with E-state index in [1.165, 1.54) is 0 Å². The molecule has 2 aromatic carbocycles. The molecule has 138 valence electrons. The first-order valence-electron chi connectivity index (χ1n) is 8.58. The number of aromatic nitrogens is 1. The van der Waals surface area contributed by atoms with E-state index in [2.05, 4.69) is 10.5 Å². The highest BCUT2D eigenvalue weighted by molar-refractivity contribution is 8.18. The standard InChI is InChI=1S/C22H15ClN2O2S/c1-2-11-25-21(26)20(28-22(25)27)12-16-14-24(19-6-4-3-5-18(16)19)13-15-7-9-17(23)10-8-15/h1,3-10,12,14H,11,13H2/b20-12+. The van der Waals surface area contributed by atoms with Gasteiger partial charge >= 0.3 is 0 Å². The molecule has 1 fully saturated rings. The van der Waals surface area contributed by atoms with E-state index in [-0.39, 0.29) is 17.7 Å². The molecule has 2 amide bonds. The van der Waals surface area contributed by atoms with Gasteiger partial charge in [0.15, 0.2) is 0 Å². The third-order valence-electron chi connectivity index (χ3n) is 4.50. The van der Waals surface area contributed by atoms with Crippen LogP contribution in [0.5, 0.6) is 0 Å². The molecule has 6 heteroatoms. The van der Waals surface area contributed by atoms with Crippen LogP contribution in [0.2, 0.25) is 5.02 Å². The zero-order chi connectivity index (χ0) is 19.7. The van der Waals surface area contributed by atoms with Gasteiger partial charge in [-0.1, -0.05) is 47.9 Å². The van der Waals surface area contributed by atoms with Crippen LogP contribution in [-0.4, -0.2) is 27.2 Å². The van der Waals surface area contributed by atoms with Crippen LogP contribution in [0, 0.1) is 12.3 Å². The molecule has 1 aliphatic heterocycles. The van der Waals surface area contributed by atoms with Crippen molar-refractivity contribution in [3.05, 3.63) is 75.8 Å². The Hall–Kier alpha value is -2.94. The number of hydrogen-bond donors (Lipinski definition) is 0. The van der Waals surface area contributed by atoms with E-state index in [0.717, 1.165) is 38.7 Å². The van der Waals surface area contributed by atoms with Gasteiger partial charge in [0, 0.05) is 34.2 Å². The van der Waals surface area contributed by atoms with E-state index < -0.39 is 0 Å². The number of para-hydroxylation sites is 1. The first-order chi connectivity index (χ1) is 13.6. The predicted molar refractivity (Wildman–Crippen MR) is 114 cm³/mol.